The molecule has 0 aromatic heterocycles. The lowest BCUT2D eigenvalue weighted by Crippen LogP contribution is -2.45. The minimum Gasteiger partial charge on any atom is -0.354 e. The van der Waals surface area contributed by atoms with Crippen LogP contribution in [0.25, 0.3) is 0 Å². The molecule has 132 valence electrons. The Morgan fingerprint density at radius 3 is 2.38 bits per heavy atom. The van der Waals surface area contributed by atoms with Crippen LogP contribution in [0, 0.1) is 11.8 Å². The van der Waals surface area contributed by atoms with Gasteiger partial charge in [0.1, 0.15) is 0 Å². The van der Waals surface area contributed by atoms with Crippen molar-refractivity contribution >= 4 is 15.9 Å². The minimum atomic E-state index is -3.46. The zero-order valence-corrected chi connectivity index (χ0v) is 14.5. The number of nitrogens with zero attached hydrogens (tertiary/aromatic N) is 1. The Morgan fingerprint density at radius 1 is 1.17 bits per heavy atom. The fraction of sp³-hybridized carbons (Fsp3) is 0.588. The molecule has 1 atom stereocenters. The highest BCUT2D eigenvalue weighted by Gasteiger charge is 2.33. The summed E-state index contributed by atoms with van der Waals surface area (Å²) in [4.78, 5) is 12.5. The number of hydrogen-bond acceptors (Lipinski definition) is 4. The molecule has 3 N–H and O–H groups in total. The number of hydrogen-bond donors (Lipinski definition) is 2. The van der Waals surface area contributed by atoms with E-state index in [9.17, 15) is 13.2 Å². The maximum atomic E-state index is 12.6. The lowest BCUT2D eigenvalue weighted by atomic mass is 9.97. The van der Waals surface area contributed by atoms with Crippen molar-refractivity contribution < 1.29 is 13.2 Å². The van der Waals surface area contributed by atoms with Gasteiger partial charge >= 0.3 is 0 Å². The van der Waals surface area contributed by atoms with E-state index in [-0.39, 0.29) is 17.9 Å². The fourth-order valence-electron chi connectivity index (χ4n) is 3.15. The number of benzene rings is 1. The van der Waals surface area contributed by atoms with Gasteiger partial charge in [-0.3, -0.25) is 4.79 Å². The number of piperidine rings is 1. The summed E-state index contributed by atoms with van der Waals surface area (Å²) in [6, 6.07) is 8.49. The molecular weight excluding hydrogens is 326 g/mol. The molecule has 1 unspecified atom stereocenters. The Hall–Kier alpha value is -1.44. The molecule has 1 saturated heterocycles. The second-order valence-corrected chi connectivity index (χ2v) is 8.68. The van der Waals surface area contributed by atoms with Crippen LogP contribution in [-0.4, -0.2) is 44.3 Å². The number of nitrogens with two attached hydrogens (primary N) is 1. The number of nitrogens with one attached hydrogen (secondary N) is 1. The van der Waals surface area contributed by atoms with Crippen LogP contribution >= 0.6 is 0 Å². The first-order chi connectivity index (χ1) is 11.5. The van der Waals surface area contributed by atoms with Crippen LogP contribution in [0.1, 0.15) is 25.7 Å². The van der Waals surface area contributed by atoms with Gasteiger partial charge in [0.2, 0.25) is 15.9 Å². The first-order valence-corrected chi connectivity index (χ1v) is 10.0. The van der Waals surface area contributed by atoms with Crippen molar-refractivity contribution in [3.8, 4) is 0 Å². The molecule has 0 bridgehead atoms. The number of amides is 1. The van der Waals surface area contributed by atoms with E-state index in [1.165, 1.54) is 4.31 Å². The summed E-state index contributed by atoms with van der Waals surface area (Å²) in [6.07, 6.45) is 3.42. The monoisotopic (exact) mass is 351 g/mol. The highest BCUT2D eigenvalue weighted by molar-refractivity contribution is 7.89. The Balaban J connectivity index is 1.51. The Kier molecular flexibility index (Phi) is 5.22. The summed E-state index contributed by atoms with van der Waals surface area (Å²) < 4.78 is 26.6. The van der Waals surface area contributed by atoms with E-state index < -0.39 is 10.0 Å². The first-order valence-electron chi connectivity index (χ1n) is 8.57. The third kappa shape index (κ3) is 3.96. The average Bonchev–Trinajstić information content (AvgIpc) is 3.45. The third-order valence-corrected chi connectivity index (χ3v) is 6.86. The van der Waals surface area contributed by atoms with Crippen LogP contribution in [0.3, 0.4) is 0 Å². The predicted octanol–water partition coefficient (Wildman–Crippen LogP) is 0.941. The largest absolute Gasteiger partial charge is 0.354 e. The molecular formula is C17H25N3O3S. The second kappa shape index (κ2) is 7.21. The highest BCUT2D eigenvalue weighted by Crippen LogP contribution is 2.31. The molecule has 1 aliphatic heterocycles. The molecule has 1 aliphatic carbocycles. The van der Waals surface area contributed by atoms with Gasteiger partial charge in [-0.15, -0.1) is 0 Å². The van der Waals surface area contributed by atoms with Gasteiger partial charge in [-0.1, -0.05) is 18.2 Å². The maximum Gasteiger partial charge on any atom is 0.243 e. The molecule has 1 aromatic rings. The molecule has 1 amide bonds. The van der Waals surface area contributed by atoms with E-state index in [4.69, 9.17) is 5.73 Å². The molecule has 6 nitrogen and oxygen atoms in total. The highest BCUT2D eigenvalue weighted by atomic mass is 32.2. The molecule has 1 aromatic carbocycles. The maximum absolute atomic E-state index is 12.6. The van der Waals surface area contributed by atoms with Crippen LogP contribution in [0.5, 0.6) is 0 Å². The van der Waals surface area contributed by atoms with Crippen molar-refractivity contribution in [1.82, 2.24) is 9.62 Å². The SMILES string of the molecule is NC(CNC(=O)C1CCN(S(=O)(=O)c2ccccc2)CC1)C1CC1. The summed E-state index contributed by atoms with van der Waals surface area (Å²) in [5.74, 6) is 0.435. The lowest BCUT2D eigenvalue weighted by Gasteiger charge is -2.30. The Bertz CT molecular complexity index is 666. The molecule has 1 heterocycles. The van der Waals surface area contributed by atoms with Crippen molar-refractivity contribution in [3.05, 3.63) is 30.3 Å². The summed E-state index contributed by atoms with van der Waals surface area (Å²) in [5.41, 5.74) is 6.00. The van der Waals surface area contributed by atoms with E-state index in [1.54, 1.807) is 30.3 Å². The van der Waals surface area contributed by atoms with Crippen LogP contribution in [0.4, 0.5) is 0 Å². The molecule has 7 heteroatoms. The summed E-state index contributed by atoms with van der Waals surface area (Å²) in [7, 11) is -3.46. The molecule has 3 rings (SSSR count). The van der Waals surface area contributed by atoms with Gasteiger partial charge in [-0.05, 0) is 43.7 Å². The van der Waals surface area contributed by atoms with E-state index in [0.29, 0.717) is 43.3 Å². The fourth-order valence-corrected chi connectivity index (χ4v) is 4.64. The Morgan fingerprint density at radius 2 is 1.79 bits per heavy atom. The van der Waals surface area contributed by atoms with E-state index >= 15 is 0 Å². The zero-order valence-electron chi connectivity index (χ0n) is 13.7. The zero-order chi connectivity index (χ0) is 17.2. The van der Waals surface area contributed by atoms with E-state index in [0.717, 1.165) is 12.8 Å². The van der Waals surface area contributed by atoms with Gasteiger partial charge < -0.3 is 11.1 Å². The Labute approximate surface area is 143 Å². The quantitative estimate of drug-likeness (QED) is 0.798. The van der Waals surface area contributed by atoms with Gasteiger partial charge in [-0.25, -0.2) is 8.42 Å². The molecule has 2 aliphatic rings. The molecule has 1 saturated carbocycles. The van der Waals surface area contributed by atoms with E-state index in [1.807, 2.05) is 0 Å². The smallest absolute Gasteiger partial charge is 0.243 e. The van der Waals surface area contributed by atoms with Crippen molar-refractivity contribution in [1.29, 1.82) is 0 Å². The van der Waals surface area contributed by atoms with Gasteiger partial charge in [-0.2, -0.15) is 4.31 Å². The molecule has 2 fully saturated rings. The number of sulfonamides is 1. The standard InChI is InChI=1S/C17H25N3O3S/c18-16(13-6-7-13)12-19-17(21)14-8-10-20(11-9-14)24(22,23)15-4-2-1-3-5-15/h1-5,13-14,16H,6-12,18H2,(H,19,21). The summed E-state index contributed by atoms with van der Waals surface area (Å²) in [5, 5.41) is 2.93. The third-order valence-electron chi connectivity index (χ3n) is 4.95. The van der Waals surface area contributed by atoms with Crippen LogP contribution in [0.15, 0.2) is 35.2 Å². The number of rotatable bonds is 6. The van der Waals surface area contributed by atoms with Crippen molar-refractivity contribution in [2.75, 3.05) is 19.6 Å². The predicted molar refractivity (Wildman–Crippen MR) is 91.6 cm³/mol. The van der Waals surface area contributed by atoms with Crippen molar-refractivity contribution in [2.45, 2.75) is 36.6 Å². The van der Waals surface area contributed by atoms with Crippen LogP contribution in [0.2, 0.25) is 0 Å². The minimum absolute atomic E-state index is 0.00265. The summed E-state index contributed by atoms with van der Waals surface area (Å²) >= 11 is 0. The number of carbonyl (C=O) groups is 1. The molecule has 0 spiro atoms. The topological polar surface area (TPSA) is 92.5 Å². The van der Waals surface area contributed by atoms with Gasteiger partial charge in [0, 0.05) is 31.6 Å². The van der Waals surface area contributed by atoms with Crippen LogP contribution in [-0.2, 0) is 14.8 Å². The molecule has 24 heavy (non-hydrogen) atoms. The summed E-state index contributed by atoms with van der Waals surface area (Å²) in [6.45, 7) is 1.28. The van der Waals surface area contributed by atoms with Gasteiger partial charge in [0.15, 0.2) is 0 Å². The van der Waals surface area contributed by atoms with Crippen molar-refractivity contribution in [3.63, 3.8) is 0 Å². The number of carbonyl (C=O) groups excluding carboxylic acids is 1. The molecule has 0 radical (unpaired) electrons. The average molecular weight is 351 g/mol. The second-order valence-electron chi connectivity index (χ2n) is 6.74. The van der Waals surface area contributed by atoms with Gasteiger partial charge in [0.05, 0.1) is 4.90 Å². The van der Waals surface area contributed by atoms with Crippen LogP contribution < -0.4 is 11.1 Å². The lowest BCUT2D eigenvalue weighted by molar-refractivity contribution is -0.126. The normalized spacial score (nSPS) is 21.4. The first kappa shape index (κ1) is 17.4. The van der Waals surface area contributed by atoms with E-state index in [2.05, 4.69) is 5.32 Å². The van der Waals surface area contributed by atoms with Gasteiger partial charge in [0.25, 0.3) is 0 Å². The van der Waals surface area contributed by atoms with Crippen molar-refractivity contribution in [2.24, 2.45) is 17.6 Å².